The van der Waals surface area contributed by atoms with Crippen molar-refractivity contribution in [1.82, 2.24) is 19.3 Å². The third kappa shape index (κ3) is 2.88. The van der Waals surface area contributed by atoms with E-state index < -0.39 is 0 Å². The van der Waals surface area contributed by atoms with Gasteiger partial charge in [0.2, 0.25) is 0 Å². The Labute approximate surface area is 125 Å². The minimum absolute atomic E-state index is 0.123. The van der Waals surface area contributed by atoms with Crippen LogP contribution in [-0.2, 0) is 0 Å². The number of hydrogen-bond donors (Lipinski definition) is 0. The van der Waals surface area contributed by atoms with Gasteiger partial charge in [0.1, 0.15) is 12.1 Å². The molecular weight excluding hydrogens is 355 g/mol. The molecule has 0 aliphatic carbocycles. The predicted octanol–water partition coefficient (Wildman–Crippen LogP) is 2.64. The van der Waals surface area contributed by atoms with Crippen LogP contribution in [0.5, 0.6) is 0 Å². The van der Waals surface area contributed by atoms with Crippen molar-refractivity contribution in [1.29, 1.82) is 0 Å². The Kier molecular flexibility index (Phi) is 4.38. The lowest BCUT2D eigenvalue weighted by atomic mass is 10.0. The average molecular weight is 372 g/mol. The minimum Gasteiger partial charge on any atom is -0.246 e. The van der Waals surface area contributed by atoms with Crippen molar-refractivity contribution in [3.05, 3.63) is 38.7 Å². The largest absolute Gasteiger partial charge is 0.351 e. The summed E-state index contributed by atoms with van der Waals surface area (Å²) in [7, 11) is 0. The zero-order valence-corrected chi connectivity index (χ0v) is 13.4. The van der Waals surface area contributed by atoms with Crippen LogP contribution >= 0.6 is 22.6 Å². The third-order valence-corrected chi connectivity index (χ3v) is 3.79. The quantitative estimate of drug-likeness (QED) is 0.776. The van der Waals surface area contributed by atoms with Gasteiger partial charge in [-0.05, 0) is 47.1 Å². The van der Waals surface area contributed by atoms with E-state index in [1.807, 2.05) is 12.1 Å². The van der Waals surface area contributed by atoms with Gasteiger partial charge in [-0.2, -0.15) is 5.10 Å². The van der Waals surface area contributed by atoms with Gasteiger partial charge in [-0.1, -0.05) is 20.8 Å². The maximum Gasteiger partial charge on any atom is 0.351 e. The van der Waals surface area contributed by atoms with Crippen LogP contribution < -0.4 is 5.69 Å². The molecule has 0 bridgehead atoms. The fourth-order valence-corrected chi connectivity index (χ4v) is 2.46. The molecule has 2 aromatic rings. The summed E-state index contributed by atoms with van der Waals surface area (Å²) in [6.07, 6.45) is 4.16. The van der Waals surface area contributed by atoms with E-state index in [1.165, 1.54) is 4.57 Å². The van der Waals surface area contributed by atoms with E-state index in [1.54, 1.807) is 17.2 Å². The molecule has 2 aromatic heterocycles. The van der Waals surface area contributed by atoms with Gasteiger partial charge in [-0.3, -0.25) is 0 Å². The molecule has 2 rings (SSSR count). The lowest BCUT2D eigenvalue weighted by molar-refractivity contribution is 0.327. The molecule has 0 unspecified atom stereocenters. The van der Waals surface area contributed by atoms with Crippen LogP contribution in [0.4, 0.5) is 0 Å². The number of halogens is 1. The molecule has 102 valence electrons. The lowest BCUT2D eigenvalue weighted by Crippen LogP contribution is -2.30. The van der Waals surface area contributed by atoms with Crippen LogP contribution in [-0.4, -0.2) is 19.3 Å². The van der Waals surface area contributed by atoms with Gasteiger partial charge in [0, 0.05) is 9.77 Å². The second-order valence-electron chi connectivity index (χ2n) is 4.78. The maximum absolute atomic E-state index is 12.4. The molecule has 0 amide bonds. The van der Waals surface area contributed by atoms with Crippen LogP contribution in [0.15, 0.2) is 29.5 Å². The van der Waals surface area contributed by atoms with E-state index >= 15 is 0 Å². The lowest BCUT2D eigenvalue weighted by Gasteiger charge is -2.17. The fourth-order valence-electron chi connectivity index (χ4n) is 2.14. The second kappa shape index (κ2) is 5.85. The molecule has 0 N–H and O–H groups in total. The molecule has 5 nitrogen and oxygen atoms in total. The summed E-state index contributed by atoms with van der Waals surface area (Å²) in [6.45, 7) is 6.27. The summed E-state index contributed by atoms with van der Waals surface area (Å²) in [6, 6.07) is 3.87. The van der Waals surface area contributed by atoms with Gasteiger partial charge >= 0.3 is 5.69 Å². The van der Waals surface area contributed by atoms with Gasteiger partial charge in [0.05, 0.1) is 6.04 Å². The average Bonchev–Trinajstić information content (AvgIpc) is 2.73. The van der Waals surface area contributed by atoms with Gasteiger partial charge in [-0.25, -0.2) is 19.0 Å². The van der Waals surface area contributed by atoms with E-state index in [-0.39, 0.29) is 11.7 Å². The van der Waals surface area contributed by atoms with Crippen LogP contribution in [0.25, 0.3) is 5.82 Å². The van der Waals surface area contributed by atoms with Gasteiger partial charge in [0.15, 0.2) is 0 Å². The number of nitrogens with zero attached hydrogens (tertiary/aromatic N) is 4. The molecule has 0 aliphatic heterocycles. The maximum atomic E-state index is 12.4. The molecule has 0 spiro atoms. The minimum atomic E-state index is -0.130. The Bertz CT molecular complexity index is 600. The van der Waals surface area contributed by atoms with Crippen LogP contribution in [0.1, 0.15) is 33.2 Å². The van der Waals surface area contributed by atoms with Crippen molar-refractivity contribution < 1.29 is 0 Å². The Morgan fingerprint density at radius 1 is 1.37 bits per heavy atom. The number of rotatable bonds is 4. The van der Waals surface area contributed by atoms with E-state index in [2.05, 4.69) is 53.4 Å². The molecule has 0 aromatic carbocycles. The summed E-state index contributed by atoms with van der Waals surface area (Å²) in [5, 5.41) is 4.23. The number of hydrogen-bond acceptors (Lipinski definition) is 3. The molecule has 19 heavy (non-hydrogen) atoms. The van der Waals surface area contributed by atoms with Crippen molar-refractivity contribution in [2.24, 2.45) is 5.92 Å². The van der Waals surface area contributed by atoms with Crippen molar-refractivity contribution in [2.75, 3.05) is 0 Å². The SMILES string of the molecule is CC[C@@H](C(C)C)n1ncn(-c2ccc(I)cn2)c1=O. The highest BCUT2D eigenvalue weighted by atomic mass is 127. The highest BCUT2D eigenvalue weighted by molar-refractivity contribution is 14.1. The highest BCUT2D eigenvalue weighted by Gasteiger charge is 2.18. The number of pyridine rings is 1. The fraction of sp³-hybridized carbons (Fsp3) is 0.462. The van der Waals surface area contributed by atoms with Gasteiger partial charge in [0.25, 0.3) is 0 Å². The molecule has 0 saturated carbocycles. The van der Waals surface area contributed by atoms with Crippen molar-refractivity contribution in [2.45, 2.75) is 33.2 Å². The summed E-state index contributed by atoms with van der Waals surface area (Å²) in [4.78, 5) is 16.6. The molecule has 0 radical (unpaired) electrons. The smallest absolute Gasteiger partial charge is 0.246 e. The van der Waals surface area contributed by atoms with Gasteiger partial charge in [-0.15, -0.1) is 0 Å². The molecule has 2 heterocycles. The zero-order chi connectivity index (χ0) is 14.0. The van der Waals surface area contributed by atoms with E-state index in [9.17, 15) is 4.79 Å². The third-order valence-electron chi connectivity index (χ3n) is 3.15. The number of aromatic nitrogens is 4. The summed E-state index contributed by atoms with van der Waals surface area (Å²) < 4.78 is 4.08. The summed E-state index contributed by atoms with van der Waals surface area (Å²) in [5.74, 6) is 0.978. The molecule has 0 saturated heterocycles. The van der Waals surface area contributed by atoms with Crippen LogP contribution in [0.2, 0.25) is 0 Å². The molecule has 6 heteroatoms. The molecule has 0 fully saturated rings. The Balaban J connectivity index is 2.43. The molecule has 0 aliphatic rings. The standard InChI is InChI=1S/C13H17IN4O/c1-4-11(9(2)3)18-13(19)17(8-16-18)12-6-5-10(14)7-15-12/h5-9,11H,4H2,1-3H3/t11-/m0/s1. The predicted molar refractivity (Wildman–Crippen MR) is 82.5 cm³/mol. The normalized spacial score (nSPS) is 12.9. The Morgan fingerprint density at radius 3 is 2.63 bits per heavy atom. The highest BCUT2D eigenvalue weighted by Crippen LogP contribution is 2.18. The second-order valence-corrected chi connectivity index (χ2v) is 6.03. The molecule has 1 atom stereocenters. The topological polar surface area (TPSA) is 52.7 Å². The van der Waals surface area contributed by atoms with Gasteiger partial charge < -0.3 is 0 Å². The Hall–Kier alpha value is -1.18. The first-order valence-corrected chi connectivity index (χ1v) is 7.40. The first-order chi connectivity index (χ1) is 9.04. The van der Waals surface area contributed by atoms with Crippen molar-refractivity contribution in [3.8, 4) is 5.82 Å². The summed E-state index contributed by atoms with van der Waals surface area (Å²) >= 11 is 2.18. The first-order valence-electron chi connectivity index (χ1n) is 6.32. The van der Waals surface area contributed by atoms with E-state index in [0.29, 0.717) is 11.7 Å². The summed E-state index contributed by atoms with van der Waals surface area (Å²) in [5.41, 5.74) is -0.130. The van der Waals surface area contributed by atoms with Crippen LogP contribution in [0.3, 0.4) is 0 Å². The zero-order valence-electron chi connectivity index (χ0n) is 11.2. The first kappa shape index (κ1) is 14.2. The van der Waals surface area contributed by atoms with Crippen molar-refractivity contribution in [3.63, 3.8) is 0 Å². The monoisotopic (exact) mass is 372 g/mol. The molecular formula is C13H17IN4O. The Morgan fingerprint density at radius 2 is 2.11 bits per heavy atom. The van der Waals surface area contributed by atoms with Crippen molar-refractivity contribution >= 4 is 22.6 Å². The van der Waals surface area contributed by atoms with E-state index in [4.69, 9.17) is 0 Å². The van der Waals surface area contributed by atoms with Crippen LogP contribution in [0, 0.1) is 9.49 Å². The van der Waals surface area contributed by atoms with E-state index in [0.717, 1.165) is 9.99 Å².